The average molecular weight is 253 g/mol. The number of amides is 1. The third-order valence-electron chi connectivity index (χ3n) is 3.08. The maximum absolute atomic E-state index is 11.7. The lowest BCUT2D eigenvalue weighted by molar-refractivity contribution is -0.143. The molecular weight excluding hydrogens is 234 g/mol. The molecule has 1 fully saturated rings. The van der Waals surface area contributed by atoms with Crippen molar-refractivity contribution in [3.63, 3.8) is 0 Å². The normalized spacial score (nSPS) is 18.1. The van der Waals surface area contributed by atoms with Crippen molar-refractivity contribution in [2.45, 2.75) is 13.0 Å². The van der Waals surface area contributed by atoms with Gasteiger partial charge in [-0.2, -0.15) is 0 Å². The Labute approximate surface area is 107 Å². The fourth-order valence-corrected chi connectivity index (χ4v) is 1.87. The largest absolute Gasteiger partial charge is 0.480 e. The molecule has 6 nitrogen and oxygen atoms in total. The molecule has 1 rings (SSSR count). The summed E-state index contributed by atoms with van der Waals surface area (Å²) in [4.78, 5) is 26.2. The molecule has 1 aliphatic rings. The highest BCUT2D eigenvalue weighted by molar-refractivity contribution is 5.78. The molecule has 1 saturated heterocycles. The fraction of sp³-hybridized carbons (Fsp3) is 0.667. The van der Waals surface area contributed by atoms with Gasteiger partial charge in [-0.05, 0) is 6.92 Å². The van der Waals surface area contributed by atoms with E-state index in [0.717, 1.165) is 0 Å². The van der Waals surface area contributed by atoms with E-state index in [9.17, 15) is 9.59 Å². The molecule has 100 valence electrons. The molecule has 6 heteroatoms. The summed E-state index contributed by atoms with van der Waals surface area (Å²) in [6.07, 6.45) is 5.07. The summed E-state index contributed by atoms with van der Waals surface area (Å²) >= 11 is 0. The number of carboxylic acids is 1. The van der Waals surface area contributed by atoms with Crippen molar-refractivity contribution in [3.05, 3.63) is 0 Å². The summed E-state index contributed by atoms with van der Waals surface area (Å²) in [5.41, 5.74) is 0. The van der Waals surface area contributed by atoms with Crippen LogP contribution in [0.1, 0.15) is 6.92 Å². The number of nitrogens with zero attached hydrogens (tertiary/aromatic N) is 2. The van der Waals surface area contributed by atoms with E-state index < -0.39 is 12.0 Å². The number of carbonyl (C=O) groups is 2. The van der Waals surface area contributed by atoms with Crippen molar-refractivity contribution in [3.8, 4) is 12.3 Å². The van der Waals surface area contributed by atoms with Gasteiger partial charge >= 0.3 is 5.97 Å². The van der Waals surface area contributed by atoms with Crippen LogP contribution in [0.2, 0.25) is 0 Å². The number of terminal acetylenes is 1. The van der Waals surface area contributed by atoms with E-state index in [2.05, 4.69) is 11.2 Å². The van der Waals surface area contributed by atoms with Crippen LogP contribution in [0.4, 0.5) is 0 Å². The number of rotatable bonds is 5. The zero-order valence-electron chi connectivity index (χ0n) is 10.6. The first-order valence-electron chi connectivity index (χ1n) is 5.95. The minimum Gasteiger partial charge on any atom is -0.480 e. The van der Waals surface area contributed by atoms with Crippen molar-refractivity contribution in [2.75, 3.05) is 39.3 Å². The van der Waals surface area contributed by atoms with Crippen LogP contribution in [0.15, 0.2) is 0 Å². The van der Waals surface area contributed by atoms with Gasteiger partial charge in [-0.25, -0.2) is 0 Å². The van der Waals surface area contributed by atoms with E-state index in [1.807, 2.05) is 4.90 Å². The molecule has 0 aromatic rings. The Morgan fingerprint density at radius 1 is 1.39 bits per heavy atom. The molecule has 1 heterocycles. The van der Waals surface area contributed by atoms with E-state index >= 15 is 0 Å². The summed E-state index contributed by atoms with van der Waals surface area (Å²) < 4.78 is 0. The van der Waals surface area contributed by atoms with Crippen LogP contribution in [0, 0.1) is 12.3 Å². The molecule has 18 heavy (non-hydrogen) atoms. The number of hydrogen-bond donors (Lipinski definition) is 2. The molecule has 0 aromatic heterocycles. The Balaban J connectivity index is 2.33. The van der Waals surface area contributed by atoms with Gasteiger partial charge in [0.25, 0.3) is 0 Å². The van der Waals surface area contributed by atoms with Gasteiger partial charge in [-0.3, -0.25) is 19.8 Å². The Morgan fingerprint density at radius 3 is 2.50 bits per heavy atom. The van der Waals surface area contributed by atoms with Crippen molar-refractivity contribution >= 4 is 11.9 Å². The highest BCUT2D eigenvalue weighted by atomic mass is 16.4. The Hall–Kier alpha value is -1.58. The van der Waals surface area contributed by atoms with Crippen LogP contribution >= 0.6 is 0 Å². The van der Waals surface area contributed by atoms with Crippen LogP contribution in [0.5, 0.6) is 0 Å². The summed E-state index contributed by atoms with van der Waals surface area (Å²) in [5.74, 6) is 1.58. The summed E-state index contributed by atoms with van der Waals surface area (Å²) in [6, 6.07) is -0.498. The highest BCUT2D eigenvalue weighted by Gasteiger charge is 2.26. The summed E-state index contributed by atoms with van der Waals surface area (Å²) in [7, 11) is 0. The van der Waals surface area contributed by atoms with Gasteiger partial charge in [-0.1, -0.05) is 5.92 Å². The van der Waals surface area contributed by atoms with Crippen LogP contribution in [0.3, 0.4) is 0 Å². The van der Waals surface area contributed by atoms with Gasteiger partial charge in [0.2, 0.25) is 5.91 Å². The van der Waals surface area contributed by atoms with E-state index in [1.165, 1.54) is 0 Å². The fourth-order valence-electron chi connectivity index (χ4n) is 1.87. The molecule has 1 atom stereocenters. The third kappa shape index (κ3) is 4.02. The Kier molecular flexibility index (Phi) is 5.62. The van der Waals surface area contributed by atoms with Crippen molar-refractivity contribution in [1.29, 1.82) is 0 Å². The lowest BCUT2D eigenvalue weighted by Crippen LogP contribution is -2.54. The maximum Gasteiger partial charge on any atom is 0.320 e. The molecule has 0 spiro atoms. The standard InChI is InChI=1S/C12H19N3O3/c1-3-4-13-9-11(16)15-7-5-14(6-8-15)10(2)12(17)18/h1,10,13H,4-9H2,2H3,(H,17,18). The molecule has 0 aromatic carbocycles. The first-order chi connectivity index (χ1) is 8.56. The van der Waals surface area contributed by atoms with Crippen molar-refractivity contribution in [2.24, 2.45) is 0 Å². The van der Waals surface area contributed by atoms with E-state index in [1.54, 1.807) is 11.8 Å². The van der Waals surface area contributed by atoms with Gasteiger partial charge < -0.3 is 10.0 Å². The second-order valence-corrected chi connectivity index (χ2v) is 4.24. The number of aliphatic carboxylic acids is 1. The van der Waals surface area contributed by atoms with Gasteiger partial charge in [-0.15, -0.1) is 6.42 Å². The summed E-state index contributed by atoms with van der Waals surface area (Å²) in [6.45, 7) is 4.58. The first kappa shape index (κ1) is 14.5. The molecule has 2 N–H and O–H groups in total. The number of hydrogen-bond acceptors (Lipinski definition) is 4. The maximum atomic E-state index is 11.7. The second-order valence-electron chi connectivity index (χ2n) is 4.24. The van der Waals surface area contributed by atoms with E-state index in [0.29, 0.717) is 32.7 Å². The quantitative estimate of drug-likeness (QED) is 0.477. The number of piperazine rings is 1. The predicted octanol–water partition coefficient (Wildman–Crippen LogP) is -1.17. The van der Waals surface area contributed by atoms with Crippen LogP contribution in [0.25, 0.3) is 0 Å². The molecule has 1 amide bonds. The molecule has 0 aliphatic carbocycles. The minimum absolute atomic E-state index is 0.00729. The van der Waals surface area contributed by atoms with E-state index in [4.69, 9.17) is 11.5 Å². The molecule has 1 aliphatic heterocycles. The average Bonchev–Trinajstić information content (AvgIpc) is 2.38. The summed E-state index contributed by atoms with van der Waals surface area (Å²) in [5, 5.41) is 11.8. The Bertz CT molecular complexity index is 343. The number of nitrogens with one attached hydrogen (secondary N) is 1. The van der Waals surface area contributed by atoms with Crippen LogP contribution < -0.4 is 5.32 Å². The number of carboxylic acid groups (broad SMARTS) is 1. The van der Waals surface area contributed by atoms with Gasteiger partial charge in [0.05, 0.1) is 13.1 Å². The van der Waals surface area contributed by atoms with Crippen LogP contribution in [-0.2, 0) is 9.59 Å². The molecule has 1 unspecified atom stereocenters. The zero-order chi connectivity index (χ0) is 13.5. The smallest absolute Gasteiger partial charge is 0.320 e. The Morgan fingerprint density at radius 2 is 2.00 bits per heavy atom. The minimum atomic E-state index is -0.828. The second kappa shape index (κ2) is 6.99. The lowest BCUT2D eigenvalue weighted by Gasteiger charge is -2.36. The highest BCUT2D eigenvalue weighted by Crippen LogP contribution is 2.06. The monoisotopic (exact) mass is 253 g/mol. The number of carbonyl (C=O) groups excluding carboxylic acids is 1. The molecule has 0 radical (unpaired) electrons. The molecule has 0 saturated carbocycles. The lowest BCUT2D eigenvalue weighted by atomic mass is 10.2. The van der Waals surface area contributed by atoms with Gasteiger partial charge in [0.15, 0.2) is 0 Å². The molecular formula is C12H19N3O3. The third-order valence-corrected chi connectivity index (χ3v) is 3.08. The van der Waals surface area contributed by atoms with E-state index in [-0.39, 0.29) is 12.5 Å². The van der Waals surface area contributed by atoms with Crippen LogP contribution in [-0.4, -0.2) is 72.1 Å². The van der Waals surface area contributed by atoms with Crippen molar-refractivity contribution < 1.29 is 14.7 Å². The zero-order valence-corrected chi connectivity index (χ0v) is 10.6. The SMILES string of the molecule is C#CCNCC(=O)N1CCN(C(C)C(=O)O)CC1. The van der Waals surface area contributed by atoms with Gasteiger partial charge in [0.1, 0.15) is 6.04 Å². The first-order valence-corrected chi connectivity index (χ1v) is 5.95. The van der Waals surface area contributed by atoms with Gasteiger partial charge in [0, 0.05) is 26.2 Å². The predicted molar refractivity (Wildman–Crippen MR) is 67.0 cm³/mol. The molecule has 0 bridgehead atoms. The topological polar surface area (TPSA) is 72.9 Å². The van der Waals surface area contributed by atoms with Crippen molar-refractivity contribution in [1.82, 2.24) is 15.1 Å².